The lowest BCUT2D eigenvalue weighted by molar-refractivity contribution is -0.146. The number of rotatable bonds is 15. The van der Waals surface area contributed by atoms with E-state index in [1.54, 1.807) is 0 Å². The highest BCUT2D eigenvalue weighted by Gasteiger charge is 2.31. The van der Waals surface area contributed by atoms with Crippen molar-refractivity contribution in [3.63, 3.8) is 0 Å². The lowest BCUT2D eigenvalue weighted by atomic mass is 9.98. The Bertz CT molecular complexity index is 733. The van der Waals surface area contributed by atoms with Gasteiger partial charge in [0, 0.05) is 6.42 Å². The monoisotopic (exact) mass is 498 g/mol. The summed E-state index contributed by atoms with van der Waals surface area (Å²) in [5.41, 5.74) is -0.0624. The van der Waals surface area contributed by atoms with E-state index in [-0.39, 0.29) is 35.8 Å². The second-order valence-corrected chi connectivity index (χ2v) is 10.7. The van der Waals surface area contributed by atoms with Crippen LogP contribution in [0.4, 0.5) is 0 Å². The van der Waals surface area contributed by atoms with Gasteiger partial charge in [-0.2, -0.15) is 0 Å². The Kier molecular flexibility index (Phi) is 14.9. The van der Waals surface area contributed by atoms with Crippen molar-refractivity contribution in [1.29, 1.82) is 0 Å². The molecule has 0 unspecified atom stereocenters. The van der Waals surface area contributed by atoms with Crippen LogP contribution in [0, 0.1) is 23.7 Å². The molecule has 0 radical (unpaired) electrons. The Balaban J connectivity index is 5.68. The van der Waals surface area contributed by atoms with E-state index in [2.05, 4.69) is 21.1 Å². The zero-order valence-corrected chi connectivity index (χ0v) is 22.8. The van der Waals surface area contributed by atoms with Gasteiger partial charge in [-0.15, -0.1) is 0 Å². The number of ether oxygens (including phenoxy) is 1. The van der Waals surface area contributed by atoms with E-state index in [9.17, 15) is 24.4 Å². The number of methoxy groups -OCH3 is 1. The first-order valence-corrected chi connectivity index (χ1v) is 12.4. The standard InChI is InChI=1S/C25H46N4O6/c1-14(2)10-18(27-24(32)20(29-34)12-16(5)6)22(30)26-19(11-15(3)4)23(31)28-21(13-17(7)8)25(33)35-9/h14-19,21,34H,10-13H2,1-9H3,(H,26,30)(H,27,32)(H,28,31)/b29-20-/t18-,19-,21-/m0/s1. The number of esters is 1. The largest absolute Gasteiger partial charge is 0.467 e. The fourth-order valence-corrected chi connectivity index (χ4v) is 3.59. The molecule has 0 saturated heterocycles. The first-order chi connectivity index (χ1) is 16.2. The van der Waals surface area contributed by atoms with Crippen LogP contribution in [0.1, 0.15) is 81.1 Å². The van der Waals surface area contributed by atoms with Crippen LogP contribution < -0.4 is 16.0 Å². The molecule has 10 nitrogen and oxygen atoms in total. The molecule has 0 aliphatic heterocycles. The fraction of sp³-hybridized carbons (Fsp3) is 0.800. The quantitative estimate of drug-likeness (QED) is 0.118. The average Bonchev–Trinajstić information content (AvgIpc) is 2.73. The van der Waals surface area contributed by atoms with Gasteiger partial charge in [-0.3, -0.25) is 14.4 Å². The van der Waals surface area contributed by atoms with Gasteiger partial charge >= 0.3 is 5.97 Å². The van der Waals surface area contributed by atoms with Crippen molar-refractivity contribution in [2.45, 2.75) is 99.2 Å². The van der Waals surface area contributed by atoms with Crippen LogP contribution in [-0.2, 0) is 23.9 Å². The van der Waals surface area contributed by atoms with Crippen LogP contribution in [-0.4, -0.2) is 59.8 Å². The Labute approximate surface area is 210 Å². The zero-order chi connectivity index (χ0) is 27.3. The van der Waals surface area contributed by atoms with Crippen LogP contribution in [0.2, 0.25) is 0 Å². The Hall–Kier alpha value is -2.65. The van der Waals surface area contributed by atoms with Gasteiger partial charge in [0.05, 0.1) is 7.11 Å². The van der Waals surface area contributed by atoms with Crippen molar-refractivity contribution < 1.29 is 29.1 Å². The minimum absolute atomic E-state index is 0.0624. The van der Waals surface area contributed by atoms with Gasteiger partial charge in [0.1, 0.15) is 23.8 Å². The summed E-state index contributed by atoms with van der Waals surface area (Å²) in [6, 6.07) is -2.67. The predicted octanol–water partition coefficient (Wildman–Crippen LogP) is 2.63. The number of carbonyl (C=O) groups is 4. The minimum Gasteiger partial charge on any atom is -0.467 e. The highest BCUT2D eigenvalue weighted by Crippen LogP contribution is 2.12. The maximum atomic E-state index is 13.2. The molecule has 0 bridgehead atoms. The van der Waals surface area contributed by atoms with Crippen LogP contribution in [0.5, 0.6) is 0 Å². The Morgan fingerprint density at radius 1 is 0.686 bits per heavy atom. The van der Waals surface area contributed by atoms with Gasteiger partial charge in [-0.25, -0.2) is 4.79 Å². The highest BCUT2D eigenvalue weighted by molar-refractivity contribution is 6.39. The third-order valence-corrected chi connectivity index (χ3v) is 5.16. The third kappa shape index (κ3) is 13.1. The molecule has 0 aliphatic rings. The van der Waals surface area contributed by atoms with Gasteiger partial charge in [0.2, 0.25) is 11.8 Å². The lowest BCUT2D eigenvalue weighted by Crippen LogP contribution is -2.57. The number of nitrogens with one attached hydrogen (secondary N) is 3. The molecule has 0 aromatic heterocycles. The molecule has 10 heteroatoms. The third-order valence-electron chi connectivity index (χ3n) is 5.16. The molecule has 0 aliphatic carbocycles. The molecule has 3 amide bonds. The molecular weight excluding hydrogens is 452 g/mol. The topological polar surface area (TPSA) is 146 Å². The van der Waals surface area contributed by atoms with E-state index in [0.29, 0.717) is 19.3 Å². The maximum absolute atomic E-state index is 13.2. The summed E-state index contributed by atoms with van der Waals surface area (Å²) in [5.74, 6) is -1.83. The van der Waals surface area contributed by atoms with Gasteiger partial charge in [-0.1, -0.05) is 60.5 Å². The number of carbonyl (C=O) groups excluding carboxylic acids is 4. The second-order valence-electron chi connectivity index (χ2n) is 10.7. The molecule has 0 aromatic rings. The number of hydrogen-bond acceptors (Lipinski definition) is 7. The molecule has 0 aromatic carbocycles. The normalized spacial score (nSPS) is 14.6. The van der Waals surface area contributed by atoms with Crippen LogP contribution in [0.3, 0.4) is 0 Å². The van der Waals surface area contributed by atoms with Crippen molar-refractivity contribution in [1.82, 2.24) is 16.0 Å². The molecule has 3 atom stereocenters. The molecule has 202 valence electrons. The zero-order valence-electron chi connectivity index (χ0n) is 22.8. The van der Waals surface area contributed by atoms with Gasteiger partial charge in [-0.05, 0) is 42.9 Å². The van der Waals surface area contributed by atoms with Gasteiger partial charge in [0.25, 0.3) is 5.91 Å². The first-order valence-electron chi connectivity index (χ1n) is 12.4. The van der Waals surface area contributed by atoms with Crippen LogP contribution in [0.15, 0.2) is 5.16 Å². The van der Waals surface area contributed by atoms with Crippen LogP contribution >= 0.6 is 0 Å². The fourth-order valence-electron chi connectivity index (χ4n) is 3.59. The summed E-state index contributed by atoms with van der Waals surface area (Å²) < 4.78 is 4.82. The van der Waals surface area contributed by atoms with Crippen molar-refractivity contribution in [2.24, 2.45) is 28.8 Å². The van der Waals surface area contributed by atoms with E-state index in [1.165, 1.54) is 7.11 Å². The van der Waals surface area contributed by atoms with E-state index in [4.69, 9.17) is 4.74 Å². The van der Waals surface area contributed by atoms with Crippen LogP contribution in [0.25, 0.3) is 0 Å². The summed E-state index contributed by atoms with van der Waals surface area (Å²) in [4.78, 5) is 51.1. The minimum atomic E-state index is -0.930. The molecule has 35 heavy (non-hydrogen) atoms. The Morgan fingerprint density at radius 2 is 1.09 bits per heavy atom. The van der Waals surface area contributed by atoms with E-state index >= 15 is 0 Å². The van der Waals surface area contributed by atoms with E-state index < -0.39 is 41.8 Å². The SMILES string of the molecule is COC(=O)[C@H](CC(C)C)NC(=O)[C@H](CC(C)C)NC(=O)[C@H](CC(C)C)NC(=O)/C(CC(C)C)=N\O. The first kappa shape index (κ1) is 32.4. The summed E-state index contributed by atoms with van der Waals surface area (Å²) in [6.07, 6.45) is 1.31. The summed E-state index contributed by atoms with van der Waals surface area (Å²) >= 11 is 0. The molecule has 0 fully saturated rings. The van der Waals surface area contributed by atoms with Crippen molar-refractivity contribution >= 4 is 29.4 Å². The van der Waals surface area contributed by atoms with Gasteiger partial charge in [0.15, 0.2) is 0 Å². The summed E-state index contributed by atoms with van der Waals surface area (Å²) in [5, 5.41) is 20.4. The molecule has 0 heterocycles. The molecular formula is C25H46N4O6. The second kappa shape index (κ2) is 16.1. The summed E-state index contributed by atoms with van der Waals surface area (Å²) in [6.45, 7) is 15.3. The molecule has 0 saturated carbocycles. The van der Waals surface area contributed by atoms with E-state index in [0.717, 1.165) is 0 Å². The smallest absolute Gasteiger partial charge is 0.328 e. The predicted molar refractivity (Wildman–Crippen MR) is 135 cm³/mol. The molecule has 0 spiro atoms. The van der Waals surface area contributed by atoms with Crippen molar-refractivity contribution in [2.75, 3.05) is 7.11 Å². The average molecular weight is 499 g/mol. The van der Waals surface area contributed by atoms with Gasteiger partial charge < -0.3 is 25.9 Å². The van der Waals surface area contributed by atoms with Crippen molar-refractivity contribution in [3.8, 4) is 0 Å². The van der Waals surface area contributed by atoms with E-state index in [1.807, 2.05) is 55.4 Å². The lowest BCUT2D eigenvalue weighted by Gasteiger charge is -2.27. The van der Waals surface area contributed by atoms with Crippen molar-refractivity contribution in [3.05, 3.63) is 0 Å². The number of nitrogens with zero attached hydrogens (tertiary/aromatic N) is 1. The number of hydrogen-bond donors (Lipinski definition) is 4. The molecule has 4 N–H and O–H groups in total. The maximum Gasteiger partial charge on any atom is 0.328 e. The highest BCUT2D eigenvalue weighted by atomic mass is 16.5. The Morgan fingerprint density at radius 3 is 1.46 bits per heavy atom. The molecule has 0 rings (SSSR count). The number of oxime groups is 1. The summed E-state index contributed by atoms with van der Waals surface area (Å²) in [7, 11) is 1.26. The number of amides is 3.